The van der Waals surface area contributed by atoms with Crippen LogP contribution >= 0.6 is 0 Å². The highest BCUT2D eigenvalue weighted by molar-refractivity contribution is 5.94. The molecule has 0 bridgehead atoms. The van der Waals surface area contributed by atoms with Crippen LogP contribution in [0.2, 0.25) is 0 Å². The largest absolute Gasteiger partial charge is 0.493 e. The lowest BCUT2D eigenvalue weighted by Crippen LogP contribution is -2.48. The summed E-state index contributed by atoms with van der Waals surface area (Å²) in [7, 11) is 0. The number of hydrogen-bond donors (Lipinski definition) is 0. The summed E-state index contributed by atoms with van der Waals surface area (Å²) >= 11 is 0. The van der Waals surface area contributed by atoms with Gasteiger partial charge in [0.05, 0.1) is 12.3 Å². The van der Waals surface area contributed by atoms with Crippen molar-refractivity contribution < 1.29 is 14.3 Å². The van der Waals surface area contributed by atoms with E-state index in [1.165, 1.54) is 11.1 Å². The minimum atomic E-state index is 0.0752. The molecule has 178 valence electrons. The van der Waals surface area contributed by atoms with Crippen molar-refractivity contribution in [1.82, 2.24) is 19.2 Å². The molecule has 2 aliphatic heterocycles. The van der Waals surface area contributed by atoms with Crippen LogP contribution < -0.4 is 9.47 Å². The van der Waals surface area contributed by atoms with Gasteiger partial charge in [0.2, 0.25) is 0 Å². The first-order valence-electron chi connectivity index (χ1n) is 12.1. The smallest absolute Gasteiger partial charge is 0.253 e. The molecule has 1 amide bonds. The van der Waals surface area contributed by atoms with Crippen molar-refractivity contribution in [3.05, 3.63) is 95.4 Å². The van der Waals surface area contributed by atoms with E-state index in [2.05, 4.69) is 28.1 Å². The topological polar surface area (TPSA) is 59.3 Å². The Labute approximate surface area is 204 Å². The van der Waals surface area contributed by atoms with Crippen LogP contribution in [-0.2, 0) is 19.6 Å². The number of benzene rings is 2. The molecular weight excluding hydrogens is 440 g/mol. The van der Waals surface area contributed by atoms with Crippen LogP contribution in [0.1, 0.15) is 27.2 Å². The Bertz CT molecular complexity index is 1310. The zero-order valence-corrected chi connectivity index (χ0v) is 19.6. The Balaban J connectivity index is 1.00. The Morgan fingerprint density at radius 3 is 2.69 bits per heavy atom. The summed E-state index contributed by atoms with van der Waals surface area (Å²) in [6.07, 6.45) is 4.93. The number of amides is 1. The Morgan fingerprint density at radius 1 is 1.00 bits per heavy atom. The quantitative estimate of drug-likeness (QED) is 0.431. The number of carbonyl (C=O) groups excluding carboxylic acids is 1. The molecule has 2 aromatic carbocycles. The molecule has 7 nitrogen and oxygen atoms in total. The number of fused-ring (bicyclic) bond motifs is 2. The van der Waals surface area contributed by atoms with Crippen molar-refractivity contribution in [2.24, 2.45) is 0 Å². The van der Waals surface area contributed by atoms with Crippen molar-refractivity contribution in [3.63, 3.8) is 0 Å². The van der Waals surface area contributed by atoms with E-state index in [-0.39, 0.29) is 5.91 Å². The van der Waals surface area contributed by atoms with Gasteiger partial charge in [-0.1, -0.05) is 18.2 Å². The van der Waals surface area contributed by atoms with Crippen LogP contribution in [0.4, 0.5) is 0 Å². The van der Waals surface area contributed by atoms with E-state index in [0.717, 1.165) is 68.6 Å². The van der Waals surface area contributed by atoms with Crippen molar-refractivity contribution in [1.29, 1.82) is 0 Å². The third-order valence-corrected chi connectivity index (χ3v) is 6.72. The van der Waals surface area contributed by atoms with Gasteiger partial charge in [0.1, 0.15) is 23.8 Å². The standard InChI is InChI=1S/C28H28N4O3/c33-28(31-14-12-30(13-15-31)18-21-4-9-26-23(17-21)10-16-34-26)22-5-7-25(8-6-22)35-20-24-19-32-11-2-1-3-27(32)29-24/h1-9,11,17,19H,10,12-16,18,20H2. The van der Waals surface area contributed by atoms with Crippen molar-refractivity contribution in [2.45, 2.75) is 19.6 Å². The van der Waals surface area contributed by atoms with Crippen molar-refractivity contribution >= 4 is 11.6 Å². The summed E-state index contributed by atoms with van der Waals surface area (Å²) in [5.41, 5.74) is 5.07. The number of aromatic nitrogens is 2. The molecule has 0 atom stereocenters. The monoisotopic (exact) mass is 468 g/mol. The van der Waals surface area contributed by atoms with Gasteiger partial charge in [-0.3, -0.25) is 9.69 Å². The molecule has 0 aliphatic carbocycles. The van der Waals surface area contributed by atoms with Gasteiger partial charge in [0.15, 0.2) is 0 Å². The highest BCUT2D eigenvalue weighted by atomic mass is 16.5. The fourth-order valence-electron chi connectivity index (χ4n) is 4.80. The number of nitrogens with zero attached hydrogens (tertiary/aromatic N) is 4. The van der Waals surface area contributed by atoms with E-state index >= 15 is 0 Å². The number of carbonyl (C=O) groups is 1. The molecule has 1 fully saturated rings. The average Bonchev–Trinajstić information content (AvgIpc) is 3.54. The summed E-state index contributed by atoms with van der Waals surface area (Å²) in [5, 5.41) is 0. The Morgan fingerprint density at radius 2 is 1.86 bits per heavy atom. The van der Waals surface area contributed by atoms with Crippen LogP contribution in [0.5, 0.6) is 11.5 Å². The molecule has 0 radical (unpaired) electrons. The first-order valence-corrected chi connectivity index (χ1v) is 12.1. The van der Waals surface area contributed by atoms with Gasteiger partial charge in [-0.2, -0.15) is 0 Å². The molecule has 35 heavy (non-hydrogen) atoms. The lowest BCUT2D eigenvalue weighted by Gasteiger charge is -2.34. The van der Waals surface area contributed by atoms with Gasteiger partial charge in [-0.05, 0) is 53.6 Å². The highest BCUT2D eigenvalue weighted by Gasteiger charge is 2.23. The summed E-state index contributed by atoms with van der Waals surface area (Å²) < 4.78 is 13.5. The van der Waals surface area contributed by atoms with E-state index in [9.17, 15) is 4.79 Å². The minimum absolute atomic E-state index is 0.0752. The molecule has 0 spiro atoms. The number of ether oxygens (including phenoxy) is 2. The summed E-state index contributed by atoms with van der Waals surface area (Å²) in [6.45, 7) is 5.30. The SMILES string of the molecule is O=C(c1ccc(OCc2cn3ccccc3n2)cc1)N1CCN(Cc2ccc3c(c2)CCO3)CC1. The van der Waals surface area contributed by atoms with Gasteiger partial charge in [0.25, 0.3) is 5.91 Å². The molecule has 0 N–H and O–H groups in total. The third kappa shape index (κ3) is 4.72. The van der Waals surface area contributed by atoms with E-state index in [0.29, 0.717) is 12.2 Å². The Hall–Kier alpha value is -3.84. The maximum atomic E-state index is 13.0. The molecule has 2 aliphatic rings. The number of piperazine rings is 1. The van der Waals surface area contributed by atoms with Crippen molar-refractivity contribution in [2.75, 3.05) is 32.8 Å². The summed E-state index contributed by atoms with van der Waals surface area (Å²) in [4.78, 5) is 21.9. The predicted octanol–water partition coefficient (Wildman–Crippen LogP) is 3.81. The van der Waals surface area contributed by atoms with Crippen molar-refractivity contribution in [3.8, 4) is 11.5 Å². The predicted molar refractivity (Wildman–Crippen MR) is 133 cm³/mol. The second-order valence-electron chi connectivity index (χ2n) is 9.12. The molecule has 7 heteroatoms. The first-order chi connectivity index (χ1) is 17.2. The molecule has 0 saturated carbocycles. The van der Waals surface area contributed by atoms with E-state index in [1.54, 1.807) is 0 Å². The third-order valence-electron chi connectivity index (χ3n) is 6.72. The second-order valence-corrected chi connectivity index (χ2v) is 9.12. The zero-order valence-electron chi connectivity index (χ0n) is 19.6. The van der Waals surface area contributed by atoms with Crippen LogP contribution in [0.15, 0.2) is 73.1 Å². The normalized spacial score (nSPS) is 15.7. The zero-order chi connectivity index (χ0) is 23.6. The average molecular weight is 469 g/mol. The van der Waals surface area contributed by atoms with E-state index in [4.69, 9.17) is 9.47 Å². The van der Waals surface area contributed by atoms with E-state index in [1.807, 2.05) is 64.2 Å². The van der Waals surface area contributed by atoms with Crippen LogP contribution in [0.25, 0.3) is 5.65 Å². The molecule has 1 saturated heterocycles. The van der Waals surface area contributed by atoms with Gasteiger partial charge in [0, 0.05) is 57.1 Å². The number of rotatable bonds is 6. The lowest BCUT2D eigenvalue weighted by atomic mass is 10.1. The number of imidazole rings is 1. The second kappa shape index (κ2) is 9.43. The Kier molecular flexibility index (Phi) is 5.84. The van der Waals surface area contributed by atoms with Crippen LogP contribution in [0, 0.1) is 0 Å². The first kappa shape index (κ1) is 21.7. The minimum Gasteiger partial charge on any atom is -0.493 e. The summed E-state index contributed by atoms with van der Waals surface area (Å²) in [6, 6.07) is 19.8. The maximum Gasteiger partial charge on any atom is 0.253 e. The molecule has 0 unspecified atom stereocenters. The van der Waals surface area contributed by atoms with Gasteiger partial charge < -0.3 is 18.8 Å². The molecular formula is C28H28N4O3. The lowest BCUT2D eigenvalue weighted by molar-refractivity contribution is 0.0628. The molecule has 4 aromatic rings. The van der Waals surface area contributed by atoms with Crippen LogP contribution in [-0.4, -0.2) is 57.9 Å². The number of hydrogen-bond acceptors (Lipinski definition) is 5. The molecule has 2 aromatic heterocycles. The fraction of sp³-hybridized carbons (Fsp3) is 0.286. The maximum absolute atomic E-state index is 13.0. The molecule has 6 rings (SSSR count). The number of pyridine rings is 1. The van der Waals surface area contributed by atoms with Crippen LogP contribution in [0.3, 0.4) is 0 Å². The molecule has 4 heterocycles. The van der Waals surface area contributed by atoms with Gasteiger partial charge in [-0.15, -0.1) is 0 Å². The van der Waals surface area contributed by atoms with E-state index < -0.39 is 0 Å². The van der Waals surface area contributed by atoms with Gasteiger partial charge >= 0.3 is 0 Å². The van der Waals surface area contributed by atoms with Gasteiger partial charge in [-0.25, -0.2) is 4.98 Å². The fourth-order valence-corrected chi connectivity index (χ4v) is 4.80. The highest BCUT2D eigenvalue weighted by Crippen LogP contribution is 2.26. The summed E-state index contributed by atoms with van der Waals surface area (Å²) in [5.74, 6) is 1.82.